The van der Waals surface area contributed by atoms with E-state index in [0.717, 1.165) is 5.56 Å². The minimum Gasteiger partial charge on any atom is -0.366 e. The van der Waals surface area contributed by atoms with E-state index in [1.54, 1.807) is 6.08 Å². The summed E-state index contributed by atoms with van der Waals surface area (Å²) in [6, 6.07) is 4.18. The number of benzene rings is 1. The maximum atomic E-state index is 10.6. The van der Waals surface area contributed by atoms with Crippen molar-refractivity contribution in [3.63, 3.8) is 0 Å². The number of aryl methyl sites for hydroxylation is 3. The minimum atomic E-state index is -0.413. The number of rotatable bonds is 2. The Labute approximate surface area is 84.4 Å². The van der Waals surface area contributed by atoms with Gasteiger partial charge in [0.05, 0.1) is 0 Å². The van der Waals surface area contributed by atoms with Crippen molar-refractivity contribution in [2.45, 2.75) is 20.8 Å². The highest BCUT2D eigenvalue weighted by Gasteiger charge is 2.00. The summed E-state index contributed by atoms with van der Waals surface area (Å²) in [5.74, 6) is -0.413. The maximum Gasteiger partial charge on any atom is 0.241 e. The first kappa shape index (κ1) is 10.5. The van der Waals surface area contributed by atoms with Gasteiger partial charge in [0.15, 0.2) is 0 Å². The number of primary amides is 1. The highest BCUT2D eigenvalue weighted by atomic mass is 16.1. The molecule has 2 nitrogen and oxygen atoms in total. The van der Waals surface area contributed by atoms with Crippen LogP contribution in [0.15, 0.2) is 18.2 Å². The van der Waals surface area contributed by atoms with E-state index in [4.69, 9.17) is 5.73 Å². The molecule has 0 aliphatic rings. The molecular weight excluding hydrogens is 174 g/mol. The Morgan fingerprint density at radius 1 is 1.21 bits per heavy atom. The number of carbonyl (C=O) groups excluding carboxylic acids is 1. The molecule has 74 valence electrons. The first-order valence-corrected chi connectivity index (χ1v) is 4.56. The number of amides is 1. The average molecular weight is 189 g/mol. The summed E-state index contributed by atoms with van der Waals surface area (Å²) in [5, 5.41) is 0. The van der Waals surface area contributed by atoms with E-state index in [9.17, 15) is 4.79 Å². The fourth-order valence-electron chi connectivity index (χ4n) is 1.62. The fourth-order valence-corrected chi connectivity index (χ4v) is 1.62. The summed E-state index contributed by atoms with van der Waals surface area (Å²) in [4.78, 5) is 10.6. The second-order valence-electron chi connectivity index (χ2n) is 3.55. The van der Waals surface area contributed by atoms with Gasteiger partial charge in [-0.15, -0.1) is 0 Å². The Morgan fingerprint density at radius 3 is 2.14 bits per heavy atom. The van der Waals surface area contributed by atoms with Gasteiger partial charge in [0.1, 0.15) is 0 Å². The van der Waals surface area contributed by atoms with Crippen molar-refractivity contribution in [2.24, 2.45) is 5.73 Å². The first-order chi connectivity index (χ1) is 6.50. The lowest BCUT2D eigenvalue weighted by Crippen LogP contribution is -2.05. The largest absolute Gasteiger partial charge is 0.366 e. The highest BCUT2D eigenvalue weighted by molar-refractivity contribution is 5.90. The monoisotopic (exact) mass is 189 g/mol. The van der Waals surface area contributed by atoms with Crippen LogP contribution < -0.4 is 5.73 Å². The quantitative estimate of drug-likeness (QED) is 0.711. The second kappa shape index (κ2) is 4.09. The SMILES string of the molecule is Cc1cc(C)c(C=CC(N)=O)c(C)c1. The van der Waals surface area contributed by atoms with Crippen molar-refractivity contribution >= 4 is 12.0 Å². The van der Waals surface area contributed by atoms with Crippen LogP contribution in [-0.2, 0) is 4.79 Å². The number of nitrogens with two attached hydrogens (primary N) is 1. The molecule has 0 fully saturated rings. The molecule has 1 rings (SSSR count). The Hall–Kier alpha value is -1.57. The van der Waals surface area contributed by atoms with Gasteiger partial charge in [-0.25, -0.2) is 0 Å². The number of hydrogen-bond acceptors (Lipinski definition) is 1. The van der Waals surface area contributed by atoms with Crippen LogP contribution in [0.3, 0.4) is 0 Å². The summed E-state index contributed by atoms with van der Waals surface area (Å²) in [6.07, 6.45) is 3.16. The van der Waals surface area contributed by atoms with E-state index < -0.39 is 5.91 Å². The summed E-state index contributed by atoms with van der Waals surface area (Å²) in [5.41, 5.74) is 9.69. The van der Waals surface area contributed by atoms with Gasteiger partial charge in [-0.2, -0.15) is 0 Å². The van der Waals surface area contributed by atoms with Gasteiger partial charge in [0, 0.05) is 6.08 Å². The summed E-state index contributed by atoms with van der Waals surface area (Å²) < 4.78 is 0. The zero-order chi connectivity index (χ0) is 10.7. The van der Waals surface area contributed by atoms with Crippen molar-refractivity contribution < 1.29 is 4.79 Å². The predicted molar refractivity (Wildman–Crippen MR) is 58.9 cm³/mol. The molecule has 0 aliphatic carbocycles. The summed E-state index contributed by atoms with van der Waals surface area (Å²) in [7, 11) is 0. The third-order valence-corrected chi connectivity index (χ3v) is 2.15. The molecule has 14 heavy (non-hydrogen) atoms. The molecule has 0 aromatic heterocycles. The van der Waals surface area contributed by atoms with E-state index in [-0.39, 0.29) is 0 Å². The number of hydrogen-bond donors (Lipinski definition) is 1. The molecule has 1 amide bonds. The first-order valence-electron chi connectivity index (χ1n) is 4.56. The lowest BCUT2D eigenvalue weighted by molar-refractivity contribution is -0.113. The Kier molecular flexibility index (Phi) is 3.07. The van der Waals surface area contributed by atoms with Crippen molar-refractivity contribution in [2.75, 3.05) is 0 Å². The van der Waals surface area contributed by atoms with E-state index in [1.807, 2.05) is 13.8 Å². The van der Waals surface area contributed by atoms with Gasteiger partial charge in [-0.1, -0.05) is 17.7 Å². The van der Waals surface area contributed by atoms with Crippen LogP contribution in [0, 0.1) is 20.8 Å². The lowest BCUT2D eigenvalue weighted by atomic mass is 9.99. The predicted octanol–water partition coefficient (Wildman–Crippen LogP) is 2.11. The molecule has 0 atom stereocenters. The van der Waals surface area contributed by atoms with E-state index in [1.165, 1.54) is 22.8 Å². The van der Waals surface area contributed by atoms with Crippen LogP contribution in [0.5, 0.6) is 0 Å². The molecule has 1 aromatic rings. The zero-order valence-corrected chi connectivity index (χ0v) is 8.79. The molecule has 1 aromatic carbocycles. The Morgan fingerprint density at radius 2 is 1.71 bits per heavy atom. The van der Waals surface area contributed by atoms with Gasteiger partial charge >= 0.3 is 0 Å². The van der Waals surface area contributed by atoms with Gasteiger partial charge in [0.2, 0.25) is 5.91 Å². The molecule has 2 heteroatoms. The topological polar surface area (TPSA) is 43.1 Å². The molecule has 0 spiro atoms. The van der Waals surface area contributed by atoms with Gasteiger partial charge in [0.25, 0.3) is 0 Å². The molecule has 2 N–H and O–H groups in total. The van der Waals surface area contributed by atoms with Crippen LogP contribution in [0.2, 0.25) is 0 Å². The smallest absolute Gasteiger partial charge is 0.241 e. The normalized spacial score (nSPS) is 10.8. The van der Waals surface area contributed by atoms with Crippen LogP contribution in [0.25, 0.3) is 6.08 Å². The molecule has 0 heterocycles. The van der Waals surface area contributed by atoms with E-state index >= 15 is 0 Å². The summed E-state index contributed by atoms with van der Waals surface area (Å²) >= 11 is 0. The van der Waals surface area contributed by atoms with Crippen LogP contribution in [-0.4, -0.2) is 5.91 Å². The van der Waals surface area contributed by atoms with Crippen LogP contribution >= 0.6 is 0 Å². The maximum absolute atomic E-state index is 10.6. The fraction of sp³-hybridized carbons (Fsp3) is 0.250. The average Bonchev–Trinajstić information content (AvgIpc) is 2.01. The third-order valence-electron chi connectivity index (χ3n) is 2.15. The van der Waals surface area contributed by atoms with Gasteiger partial charge in [-0.05, 0) is 43.5 Å². The molecule has 0 radical (unpaired) electrons. The van der Waals surface area contributed by atoms with Crippen LogP contribution in [0.4, 0.5) is 0 Å². The molecule has 0 unspecified atom stereocenters. The minimum absolute atomic E-state index is 0.413. The van der Waals surface area contributed by atoms with Gasteiger partial charge in [-0.3, -0.25) is 4.79 Å². The summed E-state index contributed by atoms with van der Waals surface area (Å²) in [6.45, 7) is 6.11. The third kappa shape index (κ3) is 2.46. The van der Waals surface area contributed by atoms with Crippen LogP contribution in [0.1, 0.15) is 22.3 Å². The Bertz CT molecular complexity index is 368. The van der Waals surface area contributed by atoms with E-state index in [0.29, 0.717) is 0 Å². The van der Waals surface area contributed by atoms with Gasteiger partial charge < -0.3 is 5.73 Å². The standard InChI is InChI=1S/C12H15NO/c1-8-6-9(2)11(10(3)7-8)4-5-12(13)14/h4-7H,1-3H3,(H2,13,14). The lowest BCUT2D eigenvalue weighted by Gasteiger charge is -2.06. The van der Waals surface area contributed by atoms with Crippen molar-refractivity contribution in [1.82, 2.24) is 0 Å². The molecule has 0 saturated carbocycles. The molecular formula is C12H15NO. The zero-order valence-electron chi connectivity index (χ0n) is 8.79. The molecule has 0 aliphatic heterocycles. The molecule has 0 saturated heterocycles. The second-order valence-corrected chi connectivity index (χ2v) is 3.55. The van der Waals surface area contributed by atoms with Crippen molar-refractivity contribution in [3.05, 3.63) is 40.5 Å². The molecule has 0 bridgehead atoms. The number of carbonyl (C=O) groups is 1. The Balaban J connectivity index is 3.15. The van der Waals surface area contributed by atoms with E-state index in [2.05, 4.69) is 19.1 Å². The van der Waals surface area contributed by atoms with Crippen molar-refractivity contribution in [3.8, 4) is 0 Å². The van der Waals surface area contributed by atoms with Crippen molar-refractivity contribution in [1.29, 1.82) is 0 Å². The highest BCUT2D eigenvalue weighted by Crippen LogP contribution is 2.17.